The molecule has 0 spiro atoms. The van der Waals surface area contributed by atoms with E-state index < -0.39 is 0 Å². The quantitative estimate of drug-likeness (QED) is 0.497. The Morgan fingerprint density at radius 1 is 1.05 bits per heavy atom. The number of nitrogens with zero attached hydrogens (tertiary/aromatic N) is 3. The molecule has 0 saturated carbocycles. The zero-order valence-electron chi connectivity index (χ0n) is 11.4. The SMILES string of the molecule is [C-]#[N+]c1ccc2c(c1)CC1[N-]c3ccccc3N21.[Y].[Y].[Y]. The monoisotopic (exact) mass is 499 g/mol. The van der Waals surface area contributed by atoms with Crippen LogP contribution in [-0.2, 0) is 105 Å². The Balaban J connectivity index is 0.000000735. The van der Waals surface area contributed by atoms with Crippen molar-refractivity contribution in [3.05, 3.63) is 64.8 Å². The van der Waals surface area contributed by atoms with Crippen molar-refractivity contribution in [1.82, 2.24) is 0 Å². The van der Waals surface area contributed by atoms with Gasteiger partial charge in [-0.15, -0.1) is 5.69 Å². The summed E-state index contributed by atoms with van der Waals surface area (Å²) in [6, 6.07) is 14.1. The molecule has 2 aromatic rings. The molecule has 2 aromatic carbocycles. The molecule has 0 saturated heterocycles. The molecule has 95 valence electrons. The van der Waals surface area contributed by atoms with Crippen LogP contribution in [0.5, 0.6) is 0 Å². The van der Waals surface area contributed by atoms with Gasteiger partial charge in [-0.2, -0.15) is 0 Å². The van der Waals surface area contributed by atoms with E-state index in [2.05, 4.69) is 21.9 Å². The summed E-state index contributed by atoms with van der Waals surface area (Å²) in [7, 11) is 0. The Bertz CT molecular complexity index is 697. The summed E-state index contributed by atoms with van der Waals surface area (Å²) in [6.45, 7) is 7.07. The van der Waals surface area contributed by atoms with Crippen LogP contribution in [0.15, 0.2) is 42.5 Å². The average Bonchev–Trinajstić information content (AvgIpc) is 2.92. The standard InChI is InChI=1S/C15H10N3.3Y/c1-16-11-6-7-13-10(8-11)9-15-17-12-4-2-3-5-14(12)18(13)15;;;/h2-8,15H,9H2;;;/q-1;;;. The third kappa shape index (κ3) is 3.37. The molecule has 0 aromatic heterocycles. The number of anilines is 2. The van der Waals surface area contributed by atoms with E-state index in [1.165, 1.54) is 16.9 Å². The van der Waals surface area contributed by atoms with Gasteiger partial charge in [0, 0.05) is 110 Å². The van der Waals surface area contributed by atoms with E-state index in [1.54, 1.807) is 0 Å². The second-order valence-electron chi connectivity index (χ2n) is 4.60. The fourth-order valence-corrected chi connectivity index (χ4v) is 2.82. The molecule has 2 aliphatic rings. The van der Waals surface area contributed by atoms with Crippen LogP contribution >= 0.6 is 0 Å². The van der Waals surface area contributed by atoms with Crippen LogP contribution in [0.1, 0.15) is 5.56 Å². The molecule has 1 atom stereocenters. The van der Waals surface area contributed by atoms with Crippen molar-refractivity contribution in [1.29, 1.82) is 0 Å². The van der Waals surface area contributed by atoms with Crippen LogP contribution in [0, 0.1) is 6.57 Å². The topological polar surface area (TPSA) is 21.7 Å². The molecule has 3 radical (unpaired) electrons. The van der Waals surface area contributed by atoms with Crippen molar-refractivity contribution in [3.63, 3.8) is 0 Å². The predicted octanol–water partition coefficient (Wildman–Crippen LogP) is 4.27. The number of hydrogen-bond donors (Lipinski definition) is 0. The Hall–Kier alpha value is 0.842. The molecule has 0 fully saturated rings. The fraction of sp³-hybridized carbons (Fsp3) is 0.133. The summed E-state index contributed by atoms with van der Waals surface area (Å²) >= 11 is 0. The molecule has 0 aliphatic carbocycles. The van der Waals surface area contributed by atoms with Gasteiger partial charge >= 0.3 is 0 Å². The molecule has 0 N–H and O–H groups in total. The second-order valence-corrected chi connectivity index (χ2v) is 4.60. The summed E-state index contributed by atoms with van der Waals surface area (Å²) in [5.41, 5.74) is 5.38. The van der Waals surface area contributed by atoms with E-state index in [1.807, 2.05) is 30.3 Å². The zero-order chi connectivity index (χ0) is 12.1. The first-order chi connectivity index (χ1) is 8.86. The van der Waals surface area contributed by atoms with Crippen molar-refractivity contribution in [2.45, 2.75) is 12.6 Å². The molecule has 6 heteroatoms. The van der Waals surface area contributed by atoms with Gasteiger partial charge in [-0.3, -0.25) is 0 Å². The van der Waals surface area contributed by atoms with Gasteiger partial charge in [0.2, 0.25) is 0 Å². The number of hydrogen-bond acceptors (Lipinski definition) is 1. The van der Waals surface area contributed by atoms with E-state index in [0.29, 0.717) is 5.69 Å². The van der Waals surface area contributed by atoms with Gasteiger partial charge in [0.1, 0.15) is 0 Å². The summed E-state index contributed by atoms with van der Waals surface area (Å²) in [5.74, 6) is 0. The molecule has 3 nitrogen and oxygen atoms in total. The minimum Gasteiger partial charge on any atom is -0.663 e. The first kappa shape index (κ1) is 19.9. The molecule has 4 rings (SSSR count). The van der Waals surface area contributed by atoms with Gasteiger partial charge in [0.25, 0.3) is 0 Å². The average molecular weight is 499 g/mol. The third-order valence-electron chi connectivity index (χ3n) is 3.58. The number of para-hydroxylation sites is 2. The van der Waals surface area contributed by atoms with Crippen LogP contribution in [0.2, 0.25) is 0 Å². The molecule has 21 heavy (non-hydrogen) atoms. The summed E-state index contributed by atoms with van der Waals surface area (Å²) in [5, 5.41) is 4.73. The summed E-state index contributed by atoms with van der Waals surface area (Å²) in [6.07, 6.45) is 1.08. The maximum absolute atomic E-state index is 7.07. The Morgan fingerprint density at radius 2 is 1.81 bits per heavy atom. The summed E-state index contributed by atoms with van der Waals surface area (Å²) < 4.78 is 0. The Kier molecular flexibility index (Phi) is 7.66. The summed E-state index contributed by atoms with van der Waals surface area (Å²) in [4.78, 5) is 5.76. The Morgan fingerprint density at radius 3 is 2.57 bits per heavy atom. The molecule has 0 bridgehead atoms. The molecular formula is C15H10N3Y3-. The van der Waals surface area contributed by atoms with Crippen molar-refractivity contribution >= 4 is 22.7 Å². The molecule has 1 unspecified atom stereocenters. The molecule has 0 amide bonds. The van der Waals surface area contributed by atoms with Crippen LogP contribution in [-0.4, -0.2) is 6.17 Å². The predicted molar refractivity (Wildman–Crippen MR) is 71.8 cm³/mol. The van der Waals surface area contributed by atoms with Gasteiger partial charge in [-0.1, -0.05) is 30.3 Å². The Labute approximate surface area is 200 Å². The van der Waals surface area contributed by atoms with Gasteiger partial charge in [-0.25, -0.2) is 4.85 Å². The first-order valence-corrected chi connectivity index (χ1v) is 5.96. The van der Waals surface area contributed by atoms with E-state index >= 15 is 0 Å². The minimum atomic E-state index is 0. The molecule has 2 aliphatic heterocycles. The van der Waals surface area contributed by atoms with Gasteiger partial charge in [-0.05, 0) is 30.3 Å². The van der Waals surface area contributed by atoms with Gasteiger partial charge in [0.05, 0.1) is 6.57 Å². The minimum absolute atomic E-state index is 0. The third-order valence-corrected chi connectivity index (χ3v) is 3.58. The molecule has 2 heterocycles. The normalized spacial score (nSPS) is 16.0. The number of benzene rings is 2. The van der Waals surface area contributed by atoms with Crippen molar-refractivity contribution in [2.24, 2.45) is 0 Å². The van der Waals surface area contributed by atoms with Crippen LogP contribution in [0.3, 0.4) is 0 Å². The van der Waals surface area contributed by atoms with E-state index in [-0.39, 0.29) is 104 Å². The van der Waals surface area contributed by atoms with Crippen molar-refractivity contribution in [3.8, 4) is 0 Å². The maximum Gasteiger partial charge on any atom is 0.187 e. The zero-order valence-corrected chi connectivity index (χ0v) is 19.9. The fourth-order valence-electron chi connectivity index (χ4n) is 2.82. The van der Waals surface area contributed by atoms with Gasteiger partial charge < -0.3 is 10.2 Å². The number of fused-ring (bicyclic) bond motifs is 5. The largest absolute Gasteiger partial charge is 0.663 e. The van der Waals surface area contributed by atoms with E-state index in [0.717, 1.165) is 12.1 Å². The van der Waals surface area contributed by atoms with Gasteiger partial charge in [0.15, 0.2) is 5.69 Å². The van der Waals surface area contributed by atoms with Crippen LogP contribution in [0.4, 0.5) is 22.7 Å². The van der Waals surface area contributed by atoms with Crippen molar-refractivity contribution < 1.29 is 98.1 Å². The van der Waals surface area contributed by atoms with E-state index in [4.69, 9.17) is 11.9 Å². The van der Waals surface area contributed by atoms with Crippen molar-refractivity contribution in [2.75, 3.05) is 4.90 Å². The van der Waals surface area contributed by atoms with Crippen LogP contribution < -0.4 is 4.90 Å². The maximum atomic E-state index is 7.07. The number of rotatable bonds is 0. The second kappa shape index (κ2) is 8.09. The van der Waals surface area contributed by atoms with E-state index in [9.17, 15) is 0 Å². The smallest absolute Gasteiger partial charge is 0.187 e. The molecular weight excluding hydrogens is 489 g/mol. The first-order valence-electron chi connectivity index (χ1n) is 5.96. The van der Waals surface area contributed by atoms with Crippen LogP contribution in [0.25, 0.3) is 10.2 Å².